The molecule has 0 rings (SSSR count). The molecule has 6 heteroatoms. The second kappa shape index (κ2) is 12.1. The molecule has 0 aliphatic rings. The van der Waals surface area contributed by atoms with Crippen LogP contribution in [0, 0.1) is 0 Å². The highest BCUT2D eigenvalue weighted by Gasteiger charge is 2.45. The molecule has 2 N–H and O–H groups in total. The number of amides is 2. The summed E-state index contributed by atoms with van der Waals surface area (Å²) >= 11 is 0. The van der Waals surface area contributed by atoms with Crippen LogP contribution in [0.3, 0.4) is 0 Å². The fourth-order valence-corrected chi connectivity index (χ4v) is 1.61. The first-order valence-electron chi connectivity index (χ1n) is 6.84. The Balaban J connectivity index is -0.000000239. The quantitative estimate of drug-likeness (QED) is 0.805. The van der Waals surface area contributed by atoms with Gasteiger partial charge < -0.3 is 20.3 Å². The second-order valence-electron chi connectivity index (χ2n) is 5.51. The Morgan fingerprint density at radius 2 is 1.00 bits per heavy atom. The van der Waals surface area contributed by atoms with E-state index in [1.807, 2.05) is 27.7 Å². The fourth-order valence-electron chi connectivity index (χ4n) is 1.61. The molecular formula is C16H37N3O3. The first kappa shape index (κ1) is 28.7. The minimum atomic E-state index is -0.431. The Kier molecular flexibility index (Phi) is 15.8. The largest absolute Gasteiger partial charge is 0.339 e. The number of rotatable bonds is 3. The van der Waals surface area contributed by atoms with Crippen molar-refractivity contribution in [2.45, 2.75) is 67.0 Å². The number of carbonyl (C=O) groups is 3. The van der Waals surface area contributed by atoms with E-state index < -0.39 is 11.1 Å². The first-order valence-corrected chi connectivity index (χ1v) is 6.84. The summed E-state index contributed by atoms with van der Waals surface area (Å²) in [6.07, 6.45) is 0.750. The number of carbonyl (C=O) groups excluding carboxylic acids is 3. The third kappa shape index (κ3) is 7.54. The van der Waals surface area contributed by atoms with Gasteiger partial charge in [0.15, 0.2) is 0 Å². The van der Waals surface area contributed by atoms with Gasteiger partial charge in [-0.05, 0) is 41.7 Å². The fraction of sp³-hybridized carbons (Fsp3) is 0.812. The predicted molar refractivity (Wildman–Crippen MR) is 93.6 cm³/mol. The summed E-state index contributed by atoms with van der Waals surface area (Å²) in [5, 5.41) is 0. The molecular weight excluding hydrogens is 282 g/mol. The molecule has 134 valence electrons. The van der Waals surface area contributed by atoms with Gasteiger partial charge in [-0.1, -0.05) is 7.43 Å². The van der Waals surface area contributed by atoms with Crippen LogP contribution < -0.4 is 5.73 Å². The standard InChI is InChI=1S/C12H24N2O2.C2H4O.CH5N.CH4/c1-9(15)13(7)11(3,4)12(5,6)14(8)10(2)16;1-2-3;1-2;/h1-8H3;2H,1H3;2H2,1H3;1H4. The van der Waals surface area contributed by atoms with Crippen molar-refractivity contribution in [1.29, 1.82) is 0 Å². The Bertz CT molecular complexity index is 310. The molecule has 0 saturated carbocycles. The minimum absolute atomic E-state index is 0. The van der Waals surface area contributed by atoms with E-state index in [1.165, 1.54) is 27.8 Å². The lowest BCUT2D eigenvalue weighted by Gasteiger charge is -2.51. The van der Waals surface area contributed by atoms with Gasteiger partial charge in [-0.25, -0.2) is 0 Å². The number of likely N-dealkylation sites (N-methyl/N-ethyl adjacent to an activating group) is 2. The van der Waals surface area contributed by atoms with Gasteiger partial charge in [0.1, 0.15) is 6.29 Å². The van der Waals surface area contributed by atoms with Crippen LogP contribution in [0.2, 0.25) is 0 Å². The zero-order valence-electron chi connectivity index (χ0n) is 15.3. The van der Waals surface area contributed by atoms with E-state index in [-0.39, 0.29) is 19.2 Å². The number of aldehydes is 1. The molecule has 6 nitrogen and oxygen atoms in total. The molecule has 0 atom stereocenters. The van der Waals surface area contributed by atoms with Crippen LogP contribution in [0.25, 0.3) is 0 Å². The van der Waals surface area contributed by atoms with Crippen molar-refractivity contribution in [3.05, 3.63) is 0 Å². The van der Waals surface area contributed by atoms with Crippen LogP contribution in [0.15, 0.2) is 0 Å². The maximum Gasteiger partial charge on any atom is 0.219 e. The number of hydrogen-bond acceptors (Lipinski definition) is 4. The first-order chi connectivity index (χ1) is 9.37. The topological polar surface area (TPSA) is 83.7 Å². The Morgan fingerprint density at radius 1 is 0.864 bits per heavy atom. The highest BCUT2D eigenvalue weighted by molar-refractivity contribution is 5.76. The maximum atomic E-state index is 11.5. The van der Waals surface area contributed by atoms with E-state index in [0.717, 1.165) is 6.29 Å². The van der Waals surface area contributed by atoms with Crippen molar-refractivity contribution < 1.29 is 14.4 Å². The van der Waals surface area contributed by atoms with E-state index in [9.17, 15) is 9.59 Å². The lowest BCUT2D eigenvalue weighted by atomic mass is 9.79. The third-order valence-corrected chi connectivity index (χ3v) is 4.12. The van der Waals surface area contributed by atoms with Crippen LogP contribution >= 0.6 is 0 Å². The maximum absolute atomic E-state index is 11.5. The lowest BCUT2D eigenvalue weighted by Crippen LogP contribution is -2.65. The normalized spacial score (nSPS) is 9.77. The summed E-state index contributed by atoms with van der Waals surface area (Å²) in [4.78, 5) is 35.1. The molecule has 0 aliphatic carbocycles. The highest BCUT2D eigenvalue weighted by Crippen LogP contribution is 2.31. The molecule has 0 aromatic rings. The number of hydrogen-bond donors (Lipinski definition) is 1. The average molecular weight is 319 g/mol. The molecule has 0 aromatic carbocycles. The minimum Gasteiger partial charge on any atom is -0.339 e. The van der Waals surface area contributed by atoms with Gasteiger partial charge in [0.05, 0.1) is 11.1 Å². The van der Waals surface area contributed by atoms with Crippen LogP contribution in [-0.4, -0.2) is 60.1 Å². The summed E-state index contributed by atoms with van der Waals surface area (Å²) in [6.45, 7) is 12.4. The van der Waals surface area contributed by atoms with Gasteiger partial charge >= 0.3 is 0 Å². The van der Waals surface area contributed by atoms with Gasteiger partial charge in [-0.2, -0.15) is 0 Å². The molecule has 0 heterocycles. The predicted octanol–water partition coefficient (Wildman–Crippen LogP) is 1.92. The van der Waals surface area contributed by atoms with Crippen molar-refractivity contribution in [3.8, 4) is 0 Å². The third-order valence-electron chi connectivity index (χ3n) is 4.12. The number of nitrogens with two attached hydrogens (primary N) is 1. The molecule has 0 unspecified atom stereocenters. The summed E-state index contributed by atoms with van der Waals surface area (Å²) in [5.74, 6) is -0.00921. The zero-order valence-corrected chi connectivity index (χ0v) is 15.3. The molecule has 0 aromatic heterocycles. The molecule has 0 bridgehead atoms. The van der Waals surface area contributed by atoms with E-state index in [4.69, 9.17) is 4.79 Å². The highest BCUT2D eigenvalue weighted by atomic mass is 16.2. The molecule has 2 amide bonds. The van der Waals surface area contributed by atoms with Gasteiger partial charge in [-0.15, -0.1) is 0 Å². The van der Waals surface area contributed by atoms with Gasteiger partial charge in [0.2, 0.25) is 11.8 Å². The molecule has 0 saturated heterocycles. The van der Waals surface area contributed by atoms with E-state index >= 15 is 0 Å². The summed E-state index contributed by atoms with van der Waals surface area (Å²) in [7, 11) is 5.02. The van der Waals surface area contributed by atoms with E-state index in [2.05, 4.69) is 5.73 Å². The van der Waals surface area contributed by atoms with Gasteiger partial charge in [0, 0.05) is 27.9 Å². The average Bonchev–Trinajstić information content (AvgIpc) is 2.39. The molecule has 22 heavy (non-hydrogen) atoms. The van der Waals surface area contributed by atoms with Crippen LogP contribution in [0.1, 0.15) is 55.9 Å². The molecule has 0 radical (unpaired) electrons. The van der Waals surface area contributed by atoms with E-state index in [1.54, 1.807) is 23.9 Å². The number of nitrogens with zero attached hydrogens (tertiary/aromatic N) is 2. The second-order valence-corrected chi connectivity index (χ2v) is 5.51. The van der Waals surface area contributed by atoms with Crippen molar-refractivity contribution in [2.75, 3.05) is 21.1 Å². The van der Waals surface area contributed by atoms with Crippen LogP contribution in [0.4, 0.5) is 0 Å². The Hall–Kier alpha value is -1.43. The summed E-state index contributed by atoms with van der Waals surface area (Å²) < 4.78 is 0. The molecule has 0 spiro atoms. The summed E-state index contributed by atoms with van der Waals surface area (Å²) in [6, 6.07) is 0. The van der Waals surface area contributed by atoms with Crippen LogP contribution in [0.5, 0.6) is 0 Å². The smallest absolute Gasteiger partial charge is 0.219 e. The van der Waals surface area contributed by atoms with Crippen molar-refractivity contribution in [3.63, 3.8) is 0 Å². The van der Waals surface area contributed by atoms with Gasteiger partial charge in [0.25, 0.3) is 0 Å². The monoisotopic (exact) mass is 319 g/mol. The summed E-state index contributed by atoms with van der Waals surface area (Å²) in [5.41, 5.74) is 3.64. The van der Waals surface area contributed by atoms with Crippen molar-refractivity contribution in [1.82, 2.24) is 9.80 Å². The zero-order chi connectivity index (χ0) is 18.0. The lowest BCUT2D eigenvalue weighted by molar-refractivity contribution is -0.146. The van der Waals surface area contributed by atoms with Crippen LogP contribution in [-0.2, 0) is 14.4 Å². The molecule has 0 fully saturated rings. The van der Waals surface area contributed by atoms with Crippen molar-refractivity contribution in [2.24, 2.45) is 5.73 Å². The van der Waals surface area contributed by atoms with Crippen molar-refractivity contribution >= 4 is 18.1 Å². The van der Waals surface area contributed by atoms with Gasteiger partial charge in [-0.3, -0.25) is 9.59 Å². The Labute approximate surface area is 137 Å². The molecule has 0 aliphatic heterocycles. The SMILES string of the molecule is C.CC(=O)N(C)C(C)(C)C(C)(C)N(C)C(C)=O.CC=O.CN. The van der Waals surface area contributed by atoms with E-state index in [0.29, 0.717) is 0 Å². The Morgan fingerprint density at radius 3 is 1.09 bits per heavy atom.